The van der Waals surface area contributed by atoms with E-state index >= 15 is 0 Å². The van der Waals surface area contributed by atoms with Crippen LogP contribution >= 0.6 is 0 Å². The zero-order chi connectivity index (χ0) is 40.0. The lowest BCUT2D eigenvalue weighted by Gasteiger charge is -2.30. The molecule has 11 aromatic rings. The minimum absolute atomic E-state index is 0.916. The van der Waals surface area contributed by atoms with Crippen LogP contribution in [0.15, 0.2) is 229 Å². The Balaban J connectivity index is 1.02. The monoisotopic (exact) mass is 768 g/mol. The molecule has 1 aromatic heterocycles. The SMILES string of the molecule is Cc1ccccc1N(c1ccccc1)c1cccc(N(c2ccc(-c3ccccc3)cc2)c2ccc3cc(-c4ccc5ccc6oc7ccccc7c6c5c4)ccc3c2)c1. The number of fused-ring (bicyclic) bond motifs is 6. The number of furan rings is 1. The summed E-state index contributed by atoms with van der Waals surface area (Å²) in [6, 6.07) is 80.6. The van der Waals surface area contributed by atoms with E-state index in [-0.39, 0.29) is 0 Å². The van der Waals surface area contributed by atoms with Crippen LogP contribution < -0.4 is 9.80 Å². The Morgan fingerprint density at radius 3 is 1.68 bits per heavy atom. The van der Waals surface area contributed by atoms with Crippen LogP contribution in [0.3, 0.4) is 0 Å². The Hall–Kier alpha value is -7.88. The van der Waals surface area contributed by atoms with Crippen molar-refractivity contribution < 1.29 is 4.42 Å². The van der Waals surface area contributed by atoms with Gasteiger partial charge < -0.3 is 14.2 Å². The number of hydrogen-bond acceptors (Lipinski definition) is 3. The van der Waals surface area contributed by atoms with Gasteiger partial charge in [-0.1, -0.05) is 140 Å². The van der Waals surface area contributed by atoms with Gasteiger partial charge in [0.25, 0.3) is 0 Å². The smallest absolute Gasteiger partial charge is 0.136 e. The maximum atomic E-state index is 6.24. The molecule has 11 rings (SSSR count). The second-order valence-corrected chi connectivity index (χ2v) is 15.4. The van der Waals surface area contributed by atoms with Crippen LogP contribution in [0, 0.1) is 6.92 Å². The Morgan fingerprint density at radius 2 is 0.867 bits per heavy atom. The number of anilines is 6. The van der Waals surface area contributed by atoms with Gasteiger partial charge in [-0.3, -0.25) is 0 Å². The molecule has 60 heavy (non-hydrogen) atoms. The zero-order valence-corrected chi connectivity index (χ0v) is 33.2. The van der Waals surface area contributed by atoms with Gasteiger partial charge in [0.1, 0.15) is 11.2 Å². The molecule has 3 heteroatoms. The predicted octanol–water partition coefficient (Wildman–Crippen LogP) is 16.5. The Labute approximate surface area is 349 Å². The number of nitrogens with zero attached hydrogens (tertiary/aromatic N) is 2. The highest BCUT2D eigenvalue weighted by molar-refractivity contribution is 6.19. The van der Waals surface area contributed by atoms with Crippen molar-refractivity contribution in [3.05, 3.63) is 230 Å². The van der Waals surface area contributed by atoms with Crippen LogP contribution in [-0.4, -0.2) is 0 Å². The molecule has 1 heterocycles. The second-order valence-electron chi connectivity index (χ2n) is 15.4. The first-order valence-electron chi connectivity index (χ1n) is 20.5. The number of benzene rings is 10. The molecular formula is C57H40N2O. The summed E-state index contributed by atoms with van der Waals surface area (Å²) in [6.07, 6.45) is 0. The molecule has 3 nitrogen and oxygen atoms in total. The van der Waals surface area contributed by atoms with Crippen molar-refractivity contribution in [1.82, 2.24) is 0 Å². The summed E-state index contributed by atoms with van der Waals surface area (Å²) < 4.78 is 6.24. The summed E-state index contributed by atoms with van der Waals surface area (Å²) in [5.41, 5.74) is 14.4. The fourth-order valence-corrected chi connectivity index (χ4v) is 8.75. The maximum absolute atomic E-state index is 6.24. The lowest BCUT2D eigenvalue weighted by Crippen LogP contribution is -2.13. The first-order valence-corrected chi connectivity index (χ1v) is 20.5. The van der Waals surface area contributed by atoms with Crippen LogP contribution in [0.4, 0.5) is 34.1 Å². The van der Waals surface area contributed by atoms with Crippen molar-refractivity contribution in [3.8, 4) is 22.3 Å². The molecule has 0 atom stereocenters. The average molecular weight is 769 g/mol. The molecule has 10 aromatic carbocycles. The number of rotatable bonds is 8. The van der Waals surface area contributed by atoms with Gasteiger partial charge in [-0.25, -0.2) is 0 Å². The van der Waals surface area contributed by atoms with E-state index in [2.05, 4.69) is 229 Å². The minimum atomic E-state index is 0.916. The molecule has 0 amide bonds. The molecule has 0 spiro atoms. The van der Waals surface area contributed by atoms with Gasteiger partial charge >= 0.3 is 0 Å². The molecule has 284 valence electrons. The van der Waals surface area contributed by atoms with Crippen molar-refractivity contribution in [2.75, 3.05) is 9.80 Å². The van der Waals surface area contributed by atoms with Gasteiger partial charge in [0.2, 0.25) is 0 Å². The average Bonchev–Trinajstić information content (AvgIpc) is 3.70. The quantitative estimate of drug-likeness (QED) is 0.153. The van der Waals surface area contributed by atoms with E-state index < -0.39 is 0 Å². The Bertz CT molecular complexity index is 3330. The molecular weight excluding hydrogens is 729 g/mol. The van der Waals surface area contributed by atoms with E-state index in [0.29, 0.717) is 0 Å². The molecule has 0 aliphatic heterocycles. The number of hydrogen-bond donors (Lipinski definition) is 0. The largest absolute Gasteiger partial charge is 0.456 e. The summed E-state index contributed by atoms with van der Waals surface area (Å²) in [5, 5.41) is 7.08. The summed E-state index contributed by atoms with van der Waals surface area (Å²) in [4.78, 5) is 4.72. The van der Waals surface area contributed by atoms with E-state index in [1.165, 1.54) is 54.7 Å². The molecule has 0 fully saturated rings. The lowest BCUT2D eigenvalue weighted by atomic mass is 9.96. The second kappa shape index (κ2) is 14.8. The lowest BCUT2D eigenvalue weighted by molar-refractivity contribution is 0.669. The number of para-hydroxylation sites is 3. The third-order valence-corrected chi connectivity index (χ3v) is 11.7. The van der Waals surface area contributed by atoms with E-state index in [1.807, 2.05) is 12.1 Å². The summed E-state index contributed by atoms with van der Waals surface area (Å²) >= 11 is 0. The molecule has 0 unspecified atom stereocenters. The van der Waals surface area contributed by atoms with Crippen LogP contribution in [0.25, 0.3) is 65.7 Å². The number of aryl methyl sites for hydroxylation is 1. The Morgan fingerprint density at radius 1 is 0.317 bits per heavy atom. The van der Waals surface area contributed by atoms with Gasteiger partial charge in [0, 0.05) is 44.9 Å². The van der Waals surface area contributed by atoms with Crippen molar-refractivity contribution in [3.63, 3.8) is 0 Å². The van der Waals surface area contributed by atoms with E-state index in [1.54, 1.807) is 0 Å². The van der Waals surface area contributed by atoms with Crippen molar-refractivity contribution >= 4 is 77.6 Å². The highest BCUT2D eigenvalue weighted by atomic mass is 16.3. The van der Waals surface area contributed by atoms with Crippen LogP contribution in [0.5, 0.6) is 0 Å². The Kier molecular flexibility index (Phi) is 8.71. The standard InChI is InChI=1S/C57H40N2O/c1-39-13-8-10-21-54(39)59(47-16-6-3-7-17-47)50-19-12-18-49(38-50)58(48-31-27-41(28-32-48)40-14-4-2-5-15-40)51-33-29-44-35-43(25-26-45(44)36-51)46-24-23-42-30-34-56-57(53(42)37-46)52-20-9-11-22-55(52)60-56/h2-38H,1H3. The predicted molar refractivity (Wildman–Crippen MR) is 254 cm³/mol. The first-order chi connectivity index (χ1) is 29.6. The van der Waals surface area contributed by atoms with Crippen molar-refractivity contribution in [2.24, 2.45) is 0 Å². The molecule has 0 saturated heterocycles. The highest BCUT2D eigenvalue weighted by Gasteiger charge is 2.19. The summed E-state index contributed by atoms with van der Waals surface area (Å²) in [5.74, 6) is 0. The van der Waals surface area contributed by atoms with E-state index in [9.17, 15) is 0 Å². The topological polar surface area (TPSA) is 19.6 Å². The highest BCUT2D eigenvalue weighted by Crippen LogP contribution is 2.43. The molecule has 0 aliphatic carbocycles. The van der Waals surface area contributed by atoms with Crippen molar-refractivity contribution in [1.29, 1.82) is 0 Å². The summed E-state index contributed by atoms with van der Waals surface area (Å²) in [6.45, 7) is 2.18. The van der Waals surface area contributed by atoms with Crippen LogP contribution in [-0.2, 0) is 0 Å². The minimum Gasteiger partial charge on any atom is -0.456 e. The van der Waals surface area contributed by atoms with Gasteiger partial charge in [0.05, 0.1) is 0 Å². The third kappa shape index (κ3) is 6.34. The molecule has 0 bridgehead atoms. The van der Waals surface area contributed by atoms with Crippen molar-refractivity contribution in [2.45, 2.75) is 6.92 Å². The molecule has 0 N–H and O–H groups in total. The first kappa shape index (κ1) is 35.3. The fraction of sp³-hybridized carbons (Fsp3) is 0.0175. The van der Waals surface area contributed by atoms with Gasteiger partial charge in [0.15, 0.2) is 0 Å². The molecule has 0 saturated carbocycles. The maximum Gasteiger partial charge on any atom is 0.136 e. The van der Waals surface area contributed by atoms with Crippen LogP contribution in [0.1, 0.15) is 5.56 Å². The normalized spacial score (nSPS) is 11.4. The third-order valence-electron chi connectivity index (χ3n) is 11.7. The fourth-order valence-electron chi connectivity index (χ4n) is 8.75. The zero-order valence-electron chi connectivity index (χ0n) is 33.2. The van der Waals surface area contributed by atoms with E-state index in [0.717, 1.165) is 50.7 Å². The van der Waals surface area contributed by atoms with Gasteiger partial charge in [-0.05, 0) is 141 Å². The van der Waals surface area contributed by atoms with E-state index in [4.69, 9.17) is 4.42 Å². The van der Waals surface area contributed by atoms with Gasteiger partial charge in [-0.2, -0.15) is 0 Å². The van der Waals surface area contributed by atoms with Gasteiger partial charge in [-0.15, -0.1) is 0 Å². The van der Waals surface area contributed by atoms with Crippen LogP contribution in [0.2, 0.25) is 0 Å². The summed E-state index contributed by atoms with van der Waals surface area (Å²) in [7, 11) is 0. The molecule has 0 radical (unpaired) electrons. The molecule has 0 aliphatic rings.